The summed E-state index contributed by atoms with van der Waals surface area (Å²) < 4.78 is 16.5. The molecule has 3 aromatic rings. The van der Waals surface area contributed by atoms with Crippen molar-refractivity contribution in [2.75, 3.05) is 40.7 Å². The maximum Gasteiger partial charge on any atom is 0.186 e. The highest BCUT2D eigenvalue weighted by molar-refractivity contribution is 5.49. The van der Waals surface area contributed by atoms with E-state index in [1.165, 1.54) is 11.1 Å². The molecule has 0 aliphatic carbocycles. The highest BCUT2D eigenvalue weighted by Gasteiger charge is 2.36. The maximum atomic E-state index is 10.8. The van der Waals surface area contributed by atoms with Crippen LogP contribution < -0.4 is 14.2 Å². The van der Waals surface area contributed by atoms with Gasteiger partial charge in [-0.15, -0.1) is 0 Å². The first kappa shape index (κ1) is 25.0. The Labute approximate surface area is 207 Å². The molecular formula is C29H35NO5. The molecule has 186 valence electrons. The monoisotopic (exact) mass is 477 g/mol. The summed E-state index contributed by atoms with van der Waals surface area (Å²) in [6.45, 7) is 2.28. The molecule has 35 heavy (non-hydrogen) atoms. The summed E-state index contributed by atoms with van der Waals surface area (Å²) in [5.74, 6) is 2.14. The summed E-state index contributed by atoms with van der Waals surface area (Å²) in [5, 5.41) is 20.2. The van der Waals surface area contributed by atoms with Crippen LogP contribution in [0.4, 0.5) is 0 Å². The van der Waals surface area contributed by atoms with Gasteiger partial charge in [-0.1, -0.05) is 48.5 Å². The van der Waals surface area contributed by atoms with E-state index >= 15 is 0 Å². The van der Waals surface area contributed by atoms with E-state index in [2.05, 4.69) is 29.2 Å². The molecule has 0 saturated carbocycles. The van der Waals surface area contributed by atoms with E-state index < -0.39 is 12.2 Å². The first-order valence-electron chi connectivity index (χ1n) is 12.1. The number of nitrogens with zero attached hydrogens (tertiary/aromatic N) is 1. The Hall–Kier alpha value is -3.06. The summed E-state index contributed by atoms with van der Waals surface area (Å²) >= 11 is 0. The lowest BCUT2D eigenvalue weighted by Crippen LogP contribution is -2.36. The van der Waals surface area contributed by atoms with Crippen molar-refractivity contribution in [2.45, 2.75) is 31.2 Å². The molecule has 0 amide bonds. The molecule has 0 radical (unpaired) electrons. The first-order chi connectivity index (χ1) is 17.1. The Morgan fingerprint density at radius 2 is 1.54 bits per heavy atom. The second-order valence-corrected chi connectivity index (χ2v) is 8.98. The molecule has 0 bridgehead atoms. The van der Waals surface area contributed by atoms with Crippen molar-refractivity contribution in [3.05, 3.63) is 89.0 Å². The van der Waals surface area contributed by atoms with Crippen molar-refractivity contribution >= 4 is 0 Å². The fourth-order valence-corrected chi connectivity index (χ4v) is 5.24. The molecule has 6 heteroatoms. The maximum absolute atomic E-state index is 10.8. The number of aliphatic hydroxyl groups excluding tert-OH is 2. The van der Waals surface area contributed by atoms with E-state index in [1.807, 2.05) is 42.5 Å². The molecule has 1 atom stereocenters. The number of fused-ring (bicyclic) bond motifs is 1. The predicted octanol–water partition coefficient (Wildman–Crippen LogP) is 4.15. The zero-order valence-electron chi connectivity index (χ0n) is 20.6. The third-order valence-electron chi connectivity index (χ3n) is 7.09. The molecular weight excluding hydrogens is 442 g/mol. The van der Waals surface area contributed by atoms with Crippen LogP contribution in [-0.4, -0.2) is 55.8 Å². The smallest absolute Gasteiger partial charge is 0.186 e. The van der Waals surface area contributed by atoms with Crippen LogP contribution in [0, 0.1) is 0 Å². The number of hydrogen-bond donors (Lipinski definition) is 2. The van der Waals surface area contributed by atoms with Crippen LogP contribution in [0.1, 0.15) is 35.1 Å². The van der Waals surface area contributed by atoms with E-state index in [0.717, 1.165) is 61.5 Å². The van der Waals surface area contributed by atoms with E-state index in [0.29, 0.717) is 5.75 Å². The minimum absolute atomic E-state index is 0.0529. The number of aliphatic hydroxyl groups is 2. The van der Waals surface area contributed by atoms with Gasteiger partial charge in [0.25, 0.3) is 0 Å². The van der Waals surface area contributed by atoms with Gasteiger partial charge in [0.1, 0.15) is 5.75 Å². The van der Waals surface area contributed by atoms with E-state index in [-0.39, 0.29) is 6.61 Å². The van der Waals surface area contributed by atoms with Gasteiger partial charge in [-0.25, -0.2) is 0 Å². The summed E-state index contributed by atoms with van der Waals surface area (Å²) in [4.78, 5) is 2.46. The third kappa shape index (κ3) is 5.30. The Morgan fingerprint density at radius 1 is 0.857 bits per heavy atom. The van der Waals surface area contributed by atoms with Crippen LogP contribution in [0.5, 0.6) is 17.2 Å². The fraction of sp³-hybridized carbons (Fsp3) is 0.379. The van der Waals surface area contributed by atoms with Crippen molar-refractivity contribution < 1.29 is 24.4 Å². The normalized spacial score (nSPS) is 15.2. The molecule has 3 aromatic carbocycles. The Morgan fingerprint density at radius 3 is 2.23 bits per heavy atom. The highest BCUT2D eigenvalue weighted by Crippen LogP contribution is 2.41. The summed E-state index contributed by atoms with van der Waals surface area (Å²) in [6, 6.07) is 22.0. The molecule has 0 spiro atoms. The van der Waals surface area contributed by atoms with Crippen LogP contribution in [0.2, 0.25) is 0 Å². The van der Waals surface area contributed by atoms with Crippen LogP contribution >= 0.6 is 0 Å². The second-order valence-electron chi connectivity index (χ2n) is 8.98. The Balaban J connectivity index is 1.54. The number of ether oxygens (including phenoxy) is 3. The molecule has 0 aromatic heterocycles. The first-order valence-corrected chi connectivity index (χ1v) is 12.1. The topological polar surface area (TPSA) is 71.4 Å². The van der Waals surface area contributed by atoms with Crippen molar-refractivity contribution in [1.82, 2.24) is 4.90 Å². The van der Waals surface area contributed by atoms with Gasteiger partial charge in [0, 0.05) is 24.1 Å². The molecule has 6 nitrogen and oxygen atoms in total. The lowest BCUT2D eigenvalue weighted by molar-refractivity contribution is 0.0946. The SMILES string of the molecule is COc1cc2c(cc1OC)CN(CCCC(CO)(c1ccccc1)c1ccccc1OCO)CC2. The van der Waals surface area contributed by atoms with E-state index in [9.17, 15) is 10.2 Å². The number of rotatable bonds is 11. The van der Waals surface area contributed by atoms with Gasteiger partial charge in [-0.2, -0.15) is 0 Å². The fourth-order valence-electron chi connectivity index (χ4n) is 5.24. The molecule has 1 aliphatic rings. The summed E-state index contributed by atoms with van der Waals surface area (Å²) in [5.41, 5.74) is 3.88. The van der Waals surface area contributed by atoms with Gasteiger partial charge in [0.2, 0.25) is 0 Å². The standard InChI is InChI=1S/C29H35NO5/c1-33-27-17-22-13-16-30(19-23(22)18-28(27)34-2)15-8-14-29(20-31,24-9-4-3-5-10-24)25-11-6-7-12-26(25)35-21-32/h3-7,9-12,17-18,31-32H,8,13-16,19-21H2,1-2H3. The van der Waals surface area contributed by atoms with E-state index in [1.54, 1.807) is 14.2 Å². The van der Waals surface area contributed by atoms with Gasteiger partial charge >= 0.3 is 0 Å². The van der Waals surface area contributed by atoms with Crippen molar-refractivity contribution in [1.29, 1.82) is 0 Å². The Kier molecular flexibility index (Phi) is 8.29. The zero-order valence-corrected chi connectivity index (χ0v) is 20.6. The number of benzene rings is 3. The summed E-state index contributed by atoms with van der Waals surface area (Å²) in [7, 11) is 3.34. The molecule has 2 N–H and O–H groups in total. The quantitative estimate of drug-likeness (QED) is 0.405. The highest BCUT2D eigenvalue weighted by atomic mass is 16.6. The lowest BCUT2D eigenvalue weighted by atomic mass is 9.71. The average Bonchev–Trinajstić information content (AvgIpc) is 2.91. The van der Waals surface area contributed by atoms with Gasteiger partial charge in [0.15, 0.2) is 18.3 Å². The van der Waals surface area contributed by atoms with Gasteiger partial charge in [-0.3, -0.25) is 4.90 Å². The van der Waals surface area contributed by atoms with Crippen molar-refractivity contribution in [3.8, 4) is 17.2 Å². The predicted molar refractivity (Wildman–Crippen MR) is 136 cm³/mol. The third-order valence-corrected chi connectivity index (χ3v) is 7.09. The van der Waals surface area contributed by atoms with Crippen molar-refractivity contribution in [3.63, 3.8) is 0 Å². The number of methoxy groups -OCH3 is 2. The average molecular weight is 478 g/mol. The Bertz CT molecular complexity index is 1100. The zero-order chi connectivity index (χ0) is 24.7. The van der Waals surface area contributed by atoms with E-state index in [4.69, 9.17) is 14.2 Å². The van der Waals surface area contributed by atoms with Crippen molar-refractivity contribution in [2.24, 2.45) is 0 Å². The number of para-hydroxylation sites is 1. The van der Waals surface area contributed by atoms with Gasteiger partial charge < -0.3 is 24.4 Å². The molecule has 1 unspecified atom stereocenters. The van der Waals surface area contributed by atoms with Crippen LogP contribution in [-0.2, 0) is 18.4 Å². The van der Waals surface area contributed by atoms with Crippen LogP contribution in [0.25, 0.3) is 0 Å². The lowest BCUT2D eigenvalue weighted by Gasteiger charge is -2.36. The number of hydrogen-bond acceptors (Lipinski definition) is 6. The molecule has 1 aliphatic heterocycles. The second kappa shape index (κ2) is 11.6. The molecule has 4 rings (SSSR count). The largest absolute Gasteiger partial charge is 0.493 e. The minimum Gasteiger partial charge on any atom is -0.493 e. The van der Waals surface area contributed by atoms with Gasteiger partial charge in [0.05, 0.1) is 20.8 Å². The molecule has 1 heterocycles. The molecule has 0 saturated heterocycles. The molecule has 0 fully saturated rings. The summed E-state index contributed by atoms with van der Waals surface area (Å²) in [6.07, 6.45) is 2.60. The minimum atomic E-state index is -0.628. The van der Waals surface area contributed by atoms with Crippen LogP contribution in [0.15, 0.2) is 66.7 Å². The van der Waals surface area contributed by atoms with Gasteiger partial charge in [-0.05, 0) is 60.7 Å². The van der Waals surface area contributed by atoms with Crippen LogP contribution in [0.3, 0.4) is 0 Å².